The molecule has 1 N–H and O–H groups in total. The second kappa shape index (κ2) is 12.1. The number of rotatable bonds is 11. The lowest BCUT2D eigenvalue weighted by molar-refractivity contribution is -0.119. The molecule has 0 saturated carbocycles. The van der Waals surface area contributed by atoms with Gasteiger partial charge in [0.2, 0.25) is 5.91 Å². The maximum atomic E-state index is 13.4. The standard InChI is InChI=1S/C26H29BrN2O5S/c1-19-6-13-23(14-7-19)35(31,32)29(22-11-9-21(27)10-12-22)18-26(30)28-16-4-5-20-8-15-24(33-2)25(17-20)34-3/h6-15,17H,4-5,16,18H2,1-3H3,(H,28,30). The van der Waals surface area contributed by atoms with Crippen LogP contribution in [0.3, 0.4) is 0 Å². The van der Waals surface area contributed by atoms with Gasteiger partial charge in [0.15, 0.2) is 11.5 Å². The van der Waals surface area contributed by atoms with E-state index >= 15 is 0 Å². The number of hydrogen-bond acceptors (Lipinski definition) is 5. The van der Waals surface area contributed by atoms with Crippen molar-refractivity contribution >= 4 is 37.5 Å². The number of halogens is 1. The minimum atomic E-state index is -3.94. The second-order valence-electron chi connectivity index (χ2n) is 7.94. The highest BCUT2D eigenvalue weighted by atomic mass is 79.9. The quantitative estimate of drug-likeness (QED) is 0.343. The first-order chi connectivity index (χ1) is 16.7. The summed E-state index contributed by atoms with van der Waals surface area (Å²) in [5, 5.41) is 2.84. The van der Waals surface area contributed by atoms with E-state index in [4.69, 9.17) is 9.47 Å². The first-order valence-corrected chi connectivity index (χ1v) is 13.3. The number of nitrogens with zero attached hydrogens (tertiary/aromatic N) is 1. The van der Waals surface area contributed by atoms with Crippen LogP contribution in [-0.4, -0.2) is 41.6 Å². The van der Waals surface area contributed by atoms with E-state index in [1.54, 1.807) is 62.8 Å². The molecule has 0 spiro atoms. The van der Waals surface area contributed by atoms with E-state index < -0.39 is 10.0 Å². The molecule has 3 aromatic rings. The molecule has 9 heteroatoms. The molecule has 0 aliphatic carbocycles. The smallest absolute Gasteiger partial charge is 0.264 e. The van der Waals surface area contributed by atoms with Crippen LogP contribution in [0.4, 0.5) is 5.69 Å². The molecule has 0 saturated heterocycles. The molecule has 0 radical (unpaired) electrons. The third kappa shape index (κ3) is 6.99. The maximum Gasteiger partial charge on any atom is 0.264 e. The van der Waals surface area contributed by atoms with Gasteiger partial charge < -0.3 is 14.8 Å². The van der Waals surface area contributed by atoms with Crippen LogP contribution in [0.5, 0.6) is 11.5 Å². The van der Waals surface area contributed by atoms with Crippen molar-refractivity contribution in [1.82, 2.24) is 5.32 Å². The van der Waals surface area contributed by atoms with Gasteiger partial charge in [-0.2, -0.15) is 0 Å². The zero-order chi connectivity index (χ0) is 25.4. The lowest BCUT2D eigenvalue weighted by atomic mass is 10.1. The number of ether oxygens (including phenoxy) is 2. The van der Waals surface area contributed by atoms with Crippen molar-refractivity contribution in [2.45, 2.75) is 24.7 Å². The molecule has 3 rings (SSSR count). The normalized spacial score (nSPS) is 11.1. The molecule has 3 aromatic carbocycles. The molecule has 0 fully saturated rings. The lowest BCUT2D eigenvalue weighted by Gasteiger charge is -2.24. The predicted octanol–water partition coefficient (Wildman–Crippen LogP) is 4.72. The molecule has 0 aliphatic heterocycles. The van der Waals surface area contributed by atoms with Crippen molar-refractivity contribution in [3.63, 3.8) is 0 Å². The summed E-state index contributed by atoms with van der Waals surface area (Å²) in [5.41, 5.74) is 2.41. The molecule has 7 nitrogen and oxygen atoms in total. The van der Waals surface area contributed by atoms with Crippen LogP contribution in [0.2, 0.25) is 0 Å². The number of hydrogen-bond donors (Lipinski definition) is 1. The van der Waals surface area contributed by atoms with Gasteiger partial charge in [-0.05, 0) is 73.9 Å². The van der Waals surface area contributed by atoms with E-state index in [1.165, 1.54) is 0 Å². The molecule has 35 heavy (non-hydrogen) atoms. The van der Waals surface area contributed by atoms with Crippen LogP contribution < -0.4 is 19.1 Å². The number of benzene rings is 3. The Bertz CT molecular complexity index is 1250. The highest BCUT2D eigenvalue weighted by Gasteiger charge is 2.27. The van der Waals surface area contributed by atoms with Gasteiger partial charge in [-0.3, -0.25) is 9.10 Å². The number of amides is 1. The molecule has 0 aromatic heterocycles. The Kier molecular flexibility index (Phi) is 9.17. The van der Waals surface area contributed by atoms with Crippen LogP contribution in [0.1, 0.15) is 17.5 Å². The molecule has 0 bridgehead atoms. The predicted molar refractivity (Wildman–Crippen MR) is 141 cm³/mol. The molecular weight excluding hydrogens is 532 g/mol. The number of anilines is 1. The first kappa shape index (κ1) is 26.6. The van der Waals surface area contributed by atoms with E-state index in [9.17, 15) is 13.2 Å². The monoisotopic (exact) mass is 560 g/mol. The molecule has 1 amide bonds. The average Bonchev–Trinajstić information content (AvgIpc) is 2.86. The summed E-state index contributed by atoms with van der Waals surface area (Å²) in [5.74, 6) is 0.934. The zero-order valence-corrected chi connectivity index (χ0v) is 22.4. The van der Waals surface area contributed by atoms with Crippen molar-refractivity contribution in [1.29, 1.82) is 0 Å². The highest BCUT2D eigenvalue weighted by Crippen LogP contribution is 2.28. The molecule has 0 atom stereocenters. The van der Waals surface area contributed by atoms with E-state index in [0.29, 0.717) is 30.2 Å². The van der Waals surface area contributed by atoms with Crippen LogP contribution in [0, 0.1) is 6.92 Å². The van der Waals surface area contributed by atoms with Crippen LogP contribution in [0.15, 0.2) is 76.1 Å². The third-order valence-corrected chi connectivity index (χ3v) is 7.74. The fourth-order valence-corrected chi connectivity index (χ4v) is 5.19. The fourth-order valence-electron chi connectivity index (χ4n) is 3.50. The van der Waals surface area contributed by atoms with Gasteiger partial charge in [0, 0.05) is 11.0 Å². The van der Waals surface area contributed by atoms with Crippen LogP contribution in [0.25, 0.3) is 0 Å². The number of nitrogens with one attached hydrogen (secondary N) is 1. The van der Waals surface area contributed by atoms with E-state index in [0.717, 1.165) is 26.3 Å². The summed E-state index contributed by atoms with van der Waals surface area (Å²) < 4.78 is 39.3. The maximum absolute atomic E-state index is 13.4. The first-order valence-electron chi connectivity index (χ1n) is 11.1. The van der Waals surface area contributed by atoms with Gasteiger partial charge in [-0.25, -0.2) is 8.42 Å². The van der Waals surface area contributed by atoms with E-state index in [1.807, 2.05) is 25.1 Å². The highest BCUT2D eigenvalue weighted by molar-refractivity contribution is 9.10. The van der Waals surface area contributed by atoms with E-state index in [-0.39, 0.29) is 17.3 Å². The number of aryl methyl sites for hydroxylation is 2. The summed E-state index contributed by atoms with van der Waals surface area (Å²) in [7, 11) is -0.761. The molecular formula is C26H29BrN2O5S. The van der Waals surface area contributed by atoms with Gasteiger partial charge in [0.1, 0.15) is 6.54 Å². The Morgan fingerprint density at radius 1 is 0.943 bits per heavy atom. The van der Waals surface area contributed by atoms with Crippen molar-refractivity contribution in [3.05, 3.63) is 82.3 Å². The Morgan fingerprint density at radius 3 is 2.23 bits per heavy atom. The van der Waals surface area contributed by atoms with Crippen molar-refractivity contribution in [2.24, 2.45) is 0 Å². The third-order valence-electron chi connectivity index (χ3n) is 5.42. The number of carbonyl (C=O) groups is 1. The Hall–Kier alpha value is -3.04. The summed E-state index contributed by atoms with van der Waals surface area (Å²) in [6.45, 7) is 1.97. The van der Waals surface area contributed by atoms with Gasteiger partial charge in [-0.15, -0.1) is 0 Å². The second-order valence-corrected chi connectivity index (χ2v) is 10.7. The topological polar surface area (TPSA) is 84.9 Å². The number of methoxy groups -OCH3 is 2. The minimum Gasteiger partial charge on any atom is -0.493 e. The lowest BCUT2D eigenvalue weighted by Crippen LogP contribution is -2.41. The Labute approximate surface area is 215 Å². The SMILES string of the molecule is COc1ccc(CCCNC(=O)CN(c2ccc(Br)cc2)S(=O)(=O)c2ccc(C)cc2)cc1OC. The zero-order valence-electron chi connectivity index (χ0n) is 20.0. The van der Waals surface area contributed by atoms with Gasteiger partial charge in [0.25, 0.3) is 10.0 Å². The van der Waals surface area contributed by atoms with Gasteiger partial charge in [0.05, 0.1) is 24.8 Å². The Balaban J connectivity index is 1.67. The average molecular weight is 561 g/mol. The minimum absolute atomic E-state index is 0.132. The summed E-state index contributed by atoms with van der Waals surface area (Å²) in [4.78, 5) is 12.9. The number of sulfonamides is 1. The summed E-state index contributed by atoms with van der Waals surface area (Å²) >= 11 is 3.37. The van der Waals surface area contributed by atoms with Crippen LogP contribution >= 0.6 is 15.9 Å². The van der Waals surface area contributed by atoms with Crippen LogP contribution in [-0.2, 0) is 21.2 Å². The van der Waals surface area contributed by atoms with Crippen molar-refractivity contribution in [3.8, 4) is 11.5 Å². The fraction of sp³-hybridized carbons (Fsp3) is 0.269. The number of carbonyl (C=O) groups excluding carboxylic acids is 1. The van der Waals surface area contributed by atoms with Gasteiger partial charge >= 0.3 is 0 Å². The van der Waals surface area contributed by atoms with Crippen molar-refractivity contribution in [2.75, 3.05) is 31.6 Å². The van der Waals surface area contributed by atoms with Crippen molar-refractivity contribution < 1.29 is 22.7 Å². The Morgan fingerprint density at radius 2 is 1.60 bits per heavy atom. The molecule has 186 valence electrons. The molecule has 0 heterocycles. The van der Waals surface area contributed by atoms with E-state index in [2.05, 4.69) is 21.2 Å². The molecule has 0 aliphatic rings. The largest absolute Gasteiger partial charge is 0.493 e. The van der Waals surface area contributed by atoms with Gasteiger partial charge in [-0.1, -0.05) is 39.7 Å². The molecule has 0 unspecified atom stereocenters. The summed E-state index contributed by atoms with van der Waals surface area (Å²) in [6, 6.07) is 19.1. The summed E-state index contributed by atoms with van der Waals surface area (Å²) in [6.07, 6.45) is 1.41.